The molecule has 0 radical (unpaired) electrons. The maximum Gasteiger partial charge on any atom is 0.150 e. The van der Waals surface area contributed by atoms with E-state index in [-0.39, 0.29) is 5.75 Å². The number of nitrogen functional groups attached to an aromatic ring is 1. The summed E-state index contributed by atoms with van der Waals surface area (Å²) in [6.07, 6.45) is 0. The largest absolute Gasteiger partial charge is 0.505 e. The monoisotopic (exact) mass is 266 g/mol. The van der Waals surface area contributed by atoms with Crippen LogP contribution >= 0.6 is 31.9 Å². The molecule has 0 aliphatic carbocycles. The second-order valence-corrected chi connectivity index (χ2v) is 3.18. The molecule has 0 aliphatic rings. The first-order chi connectivity index (χ1) is 4.61. The number of aromatic hydroxyl groups is 1. The van der Waals surface area contributed by atoms with Crippen LogP contribution in [0, 0.1) is 0 Å². The van der Waals surface area contributed by atoms with Gasteiger partial charge in [0.2, 0.25) is 0 Å². The molecule has 5 heteroatoms. The fourth-order valence-corrected chi connectivity index (χ4v) is 1.30. The summed E-state index contributed by atoms with van der Waals surface area (Å²) in [7, 11) is 0. The molecule has 0 fully saturated rings. The molecule has 0 aliphatic heterocycles. The molecule has 1 aromatic heterocycles. The van der Waals surface area contributed by atoms with Crippen molar-refractivity contribution in [1.29, 1.82) is 0 Å². The molecule has 0 bridgehead atoms. The van der Waals surface area contributed by atoms with Crippen LogP contribution in [0.1, 0.15) is 0 Å². The van der Waals surface area contributed by atoms with Crippen molar-refractivity contribution in [2.45, 2.75) is 0 Å². The second kappa shape index (κ2) is 2.75. The van der Waals surface area contributed by atoms with E-state index >= 15 is 0 Å². The molecule has 0 spiro atoms. The quantitative estimate of drug-likeness (QED) is 0.706. The summed E-state index contributed by atoms with van der Waals surface area (Å²) in [4.78, 5) is 3.83. The van der Waals surface area contributed by atoms with E-state index in [9.17, 15) is 0 Å². The molecular weight excluding hydrogens is 264 g/mol. The molecule has 0 saturated heterocycles. The Kier molecular flexibility index (Phi) is 2.15. The highest BCUT2D eigenvalue weighted by atomic mass is 79.9. The Bertz CT molecular complexity index is 214. The van der Waals surface area contributed by atoms with Crippen LogP contribution in [0.2, 0.25) is 0 Å². The molecule has 3 nitrogen and oxygen atoms in total. The molecule has 1 rings (SSSR count). The highest BCUT2D eigenvalue weighted by molar-refractivity contribution is 9.11. The third-order valence-corrected chi connectivity index (χ3v) is 2.16. The van der Waals surface area contributed by atoms with Gasteiger partial charge in [-0.1, -0.05) is 0 Å². The average Bonchev–Trinajstić information content (AvgIpc) is 1.84. The van der Waals surface area contributed by atoms with Gasteiger partial charge >= 0.3 is 0 Å². The van der Waals surface area contributed by atoms with E-state index in [4.69, 9.17) is 10.8 Å². The van der Waals surface area contributed by atoms with Crippen molar-refractivity contribution in [3.05, 3.63) is 15.3 Å². The lowest BCUT2D eigenvalue weighted by atomic mass is 10.4. The molecule has 0 unspecified atom stereocenters. The minimum Gasteiger partial charge on any atom is -0.505 e. The molecule has 0 amide bonds. The van der Waals surface area contributed by atoms with Gasteiger partial charge in [0, 0.05) is 6.07 Å². The van der Waals surface area contributed by atoms with Gasteiger partial charge in [-0.25, -0.2) is 4.98 Å². The zero-order valence-electron chi connectivity index (χ0n) is 4.81. The van der Waals surface area contributed by atoms with E-state index in [2.05, 4.69) is 36.8 Å². The minimum atomic E-state index is 0.0423. The van der Waals surface area contributed by atoms with Gasteiger partial charge in [0.05, 0.1) is 5.69 Å². The second-order valence-electron chi connectivity index (χ2n) is 1.68. The standard InChI is InChI=1S/C5H4Br2N2O/c6-4-2(8)1-3(10)5(7)9-4/h1,10H,8H2. The van der Waals surface area contributed by atoms with Crippen molar-refractivity contribution in [1.82, 2.24) is 4.98 Å². The number of rotatable bonds is 0. The van der Waals surface area contributed by atoms with Crippen molar-refractivity contribution in [2.75, 3.05) is 5.73 Å². The SMILES string of the molecule is Nc1cc(O)c(Br)nc1Br. The summed E-state index contributed by atoms with van der Waals surface area (Å²) in [5.74, 6) is 0.0423. The van der Waals surface area contributed by atoms with Gasteiger partial charge in [0.15, 0.2) is 0 Å². The van der Waals surface area contributed by atoms with Crippen molar-refractivity contribution in [3.8, 4) is 5.75 Å². The van der Waals surface area contributed by atoms with Gasteiger partial charge < -0.3 is 10.8 Å². The third kappa shape index (κ3) is 1.41. The number of aromatic nitrogens is 1. The summed E-state index contributed by atoms with van der Waals surface area (Å²) >= 11 is 6.14. The Morgan fingerprint density at radius 1 is 1.40 bits per heavy atom. The van der Waals surface area contributed by atoms with E-state index in [1.807, 2.05) is 0 Å². The number of anilines is 1. The van der Waals surface area contributed by atoms with Gasteiger partial charge in [0.1, 0.15) is 15.0 Å². The summed E-state index contributed by atoms with van der Waals surface area (Å²) < 4.78 is 0.908. The summed E-state index contributed by atoms with van der Waals surface area (Å²) in [5, 5.41) is 9.01. The number of hydrogen-bond acceptors (Lipinski definition) is 3. The molecular formula is C5H4Br2N2O. The third-order valence-electron chi connectivity index (χ3n) is 0.938. The molecule has 1 heterocycles. The van der Waals surface area contributed by atoms with E-state index in [1.54, 1.807) is 0 Å². The Hall–Kier alpha value is -0.290. The van der Waals surface area contributed by atoms with Crippen molar-refractivity contribution in [3.63, 3.8) is 0 Å². The fourth-order valence-electron chi connectivity index (χ4n) is 0.474. The topological polar surface area (TPSA) is 59.1 Å². The zero-order valence-corrected chi connectivity index (χ0v) is 7.98. The van der Waals surface area contributed by atoms with E-state index < -0.39 is 0 Å². The van der Waals surface area contributed by atoms with Gasteiger partial charge in [-0.2, -0.15) is 0 Å². The van der Waals surface area contributed by atoms with Gasteiger partial charge in [-0.3, -0.25) is 0 Å². The number of hydrogen-bond donors (Lipinski definition) is 2. The highest BCUT2D eigenvalue weighted by Crippen LogP contribution is 2.28. The number of nitrogens with zero attached hydrogens (tertiary/aromatic N) is 1. The lowest BCUT2D eigenvalue weighted by Crippen LogP contribution is -1.89. The van der Waals surface area contributed by atoms with Crippen LogP contribution in [0.3, 0.4) is 0 Å². The van der Waals surface area contributed by atoms with Crippen LogP contribution in [-0.4, -0.2) is 10.1 Å². The van der Waals surface area contributed by atoms with Gasteiger partial charge in [0.25, 0.3) is 0 Å². The predicted octanol–water partition coefficient (Wildman–Crippen LogP) is 1.89. The van der Waals surface area contributed by atoms with Crippen LogP contribution in [0.4, 0.5) is 5.69 Å². The van der Waals surface area contributed by atoms with Crippen LogP contribution < -0.4 is 5.73 Å². The van der Waals surface area contributed by atoms with Crippen molar-refractivity contribution < 1.29 is 5.11 Å². The lowest BCUT2D eigenvalue weighted by Gasteiger charge is -1.99. The molecule has 0 atom stereocenters. The van der Waals surface area contributed by atoms with Crippen LogP contribution in [0.25, 0.3) is 0 Å². The van der Waals surface area contributed by atoms with Gasteiger partial charge in [-0.15, -0.1) is 0 Å². The summed E-state index contributed by atoms with van der Waals surface area (Å²) in [6, 6.07) is 1.42. The minimum absolute atomic E-state index is 0.0423. The van der Waals surface area contributed by atoms with Crippen molar-refractivity contribution in [2.24, 2.45) is 0 Å². The number of pyridine rings is 1. The maximum absolute atomic E-state index is 9.01. The van der Waals surface area contributed by atoms with Crippen LogP contribution in [0.15, 0.2) is 15.3 Å². The molecule has 0 aromatic carbocycles. The highest BCUT2D eigenvalue weighted by Gasteiger charge is 2.02. The average molecular weight is 268 g/mol. The van der Waals surface area contributed by atoms with Crippen molar-refractivity contribution >= 4 is 37.5 Å². The first kappa shape index (κ1) is 7.81. The number of nitrogens with two attached hydrogens (primary N) is 1. The molecule has 10 heavy (non-hydrogen) atoms. The Morgan fingerprint density at radius 2 is 2.00 bits per heavy atom. The predicted molar refractivity (Wildman–Crippen MR) is 45.7 cm³/mol. The normalized spacial score (nSPS) is 9.80. The summed E-state index contributed by atoms with van der Waals surface area (Å²) in [6.45, 7) is 0. The maximum atomic E-state index is 9.01. The first-order valence-electron chi connectivity index (χ1n) is 2.41. The Labute approximate surface area is 74.5 Å². The molecule has 54 valence electrons. The summed E-state index contributed by atoms with van der Waals surface area (Å²) in [5.41, 5.74) is 5.82. The fraction of sp³-hybridized carbons (Fsp3) is 0. The molecule has 1 aromatic rings. The lowest BCUT2D eigenvalue weighted by molar-refractivity contribution is 0.468. The van der Waals surface area contributed by atoms with E-state index in [0.29, 0.717) is 14.9 Å². The molecule has 3 N–H and O–H groups in total. The van der Waals surface area contributed by atoms with Gasteiger partial charge in [-0.05, 0) is 31.9 Å². The Morgan fingerprint density at radius 3 is 2.50 bits per heavy atom. The van der Waals surface area contributed by atoms with E-state index in [1.165, 1.54) is 6.07 Å². The zero-order chi connectivity index (χ0) is 7.72. The first-order valence-corrected chi connectivity index (χ1v) is 4.00. The number of halogens is 2. The molecule has 0 saturated carbocycles. The Balaban J connectivity index is 3.28. The van der Waals surface area contributed by atoms with Crippen LogP contribution in [0.5, 0.6) is 5.75 Å². The van der Waals surface area contributed by atoms with Crippen LogP contribution in [-0.2, 0) is 0 Å². The smallest absolute Gasteiger partial charge is 0.150 e. The van der Waals surface area contributed by atoms with E-state index in [0.717, 1.165) is 0 Å².